The molecule has 4 nitrogen and oxygen atoms in total. The number of aryl methyl sites for hydroxylation is 1. The Hall–Kier alpha value is -1.15. The molecule has 2 saturated heterocycles. The Morgan fingerprint density at radius 2 is 1.61 bits per heavy atom. The second-order valence-electron chi connectivity index (χ2n) is 8.94. The molecule has 4 heterocycles. The number of piperazine rings is 1. The van der Waals surface area contributed by atoms with Crippen molar-refractivity contribution in [3.05, 3.63) is 53.6 Å². The van der Waals surface area contributed by atoms with Crippen molar-refractivity contribution in [2.24, 2.45) is 7.05 Å². The summed E-state index contributed by atoms with van der Waals surface area (Å²) in [6.07, 6.45) is 4.74. The summed E-state index contributed by atoms with van der Waals surface area (Å²) < 4.78 is 15.8. The van der Waals surface area contributed by atoms with Crippen molar-refractivity contribution in [1.82, 2.24) is 14.4 Å². The van der Waals surface area contributed by atoms with Crippen LogP contribution in [-0.4, -0.2) is 71.7 Å². The van der Waals surface area contributed by atoms with Crippen LogP contribution in [0.25, 0.3) is 0 Å². The van der Waals surface area contributed by atoms with Gasteiger partial charge in [-0.1, -0.05) is 0 Å². The first kappa shape index (κ1) is 21.7. The van der Waals surface area contributed by atoms with E-state index in [1.165, 1.54) is 49.5 Å². The largest absolute Gasteiger partial charge is 0.369 e. The highest BCUT2D eigenvalue weighted by Gasteiger charge is 2.42. The number of hydrogen-bond acceptors (Lipinski definition) is 5. The van der Waals surface area contributed by atoms with Gasteiger partial charge < -0.3 is 9.47 Å². The van der Waals surface area contributed by atoms with Gasteiger partial charge in [0.05, 0.1) is 0 Å². The van der Waals surface area contributed by atoms with Gasteiger partial charge in [0.1, 0.15) is 9.90 Å². The minimum atomic E-state index is -0.158. The smallest absolute Gasteiger partial charge is 0.123 e. The Labute approximate surface area is 194 Å². The number of anilines is 1. The summed E-state index contributed by atoms with van der Waals surface area (Å²) in [6.45, 7) is 8.89. The van der Waals surface area contributed by atoms with Crippen LogP contribution in [0.1, 0.15) is 24.1 Å². The summed E-state index contributed by atoms with van der Waals surface area (Å²) in [5.41, 5.74) is 4.25. The van der Waals surface area contributed by atoms with Crippen LogP contribution in [0.3, 0.4) is 0 Å². The quantitative estimate of drug-likeness (QED) is 0.662. The first-order valence-electron chi connectivity index (χ1n) is 11.5. The molecular weight excluding hydrogens is 427 g/mol. The number of rotatable bonds is 5. The number of halogens is 1. The number of fused-ring (bicyclic) bond motifs is 2. The Balaban J connectivity index is 1.11. The van der Waals surface area contributed by atoms with Gasteiger partial charge in [0.2, 0.25) is 0 Å². The van der Waals surface area contributed by atoms with Crippen molar-refractivity contribution < 1.29 is 4.39 Å². The molecule has 31 heavy (non-hydrogen) atoms. The highest BCUT2D eigenvalue weighted by Crippen LogP contribution is 2.56. The third-order valence-electron chi connectivity index (χ3n) is 6.93. The van der Waals surface area contributed by atoms with E-state index in [0.717, 1.165) is 38.4 Å². The molecule has 2 aromatic rings. The van der Waals surface area contributed by atoms with Gasteiger partial charge in [-0.05, 0) is 61.8 Å². The highest BCUT2D eigenvalue weighted by atomic mass is 32.2. The summed E-state index contributed by atoms with van der Waals surface area (Å²) in [6, 6.07) is 9.27. The Morgan fingerprint density at radius 1 is 0.903 bits per heavy atom. The van der Waals surface area contributed by atoms with Gasteiger partial charge in [-0.2, -0.15) is 0 Å². The van der Waals surface area contributed by atoms with Gasteiger partial charge in [-0.15, -0.1) is 23.5 Å². The van der Waals surface area contributed by atoms with Crippen molar-refractivity contribution in [2.45, 2.75) is 23.5 Å². The van der Waals surface area contributed by atoms with Gasteiger partial charge in [0, 0.05) is 75.4 Å². The third kappa shape index (κ3) is 4.65. The number of hydrogen-bond donors (Lipinski definition) is 0. The second-order valence-corrected chi connectivity index (χ2v) is 12.0. The van der Waals surface area contributed by atoms with Crippen molar-refractivity contribution >= 4 is 29.2 Å². The van der Waals surface area contributed by atoms with Gasteiger partial charge in [0.25, 0.3) is 0 Å². The lowest BCUT2D eigenvalue weighted by Gasteiger charge is -2.36. The van der Waals surface area contributed by atoms with Gasteiger partial charge in [-0.3, -0.25) is 9.80 Å². The number of nitrogens with zero attached hydrogens (tertiary/aromatic N) is 4. The standard InChI is InChI=1S/C24H33FN4S2/c1-26-11-7-20-19-28(12-8-24(23(20)26)30-17-18-31-24)10-2-9-27-13-15-29(16-14-27)22-5-3-21(25)4-6-22/h3-7,11H,2,8-10,12-19H2,1H3. The van der Waals surface area contributed by atoms with E-state index in [-0.39, 0.29) is 9.90 Å². The van der Waals surface area contributed by atoms with Crippen molar-refractivity contribution in [3.8, 4) is 0 Å². The molecule has 3 aliphatic rings. The first-order chi connectivity index (χ1) is 15.1. The molecule has 2 fully saturated rings. The van der Waals surface area contributed by atoms with Crippen molar-refractivity contribution in [2.75, 3.05) is 62.2 Å². The minimum Gasteiger partial charge on any atom is -0.369 e. The average Bonchev–Trinajstić information content (AvgIpc) is 3.36. The number of thioether (sulfide) groups is 2. The number of benzene rings is 1. The lowest BCUT2D eigenvalue weighted by atomic mass is 10.1. The van der Waals surface area contributed by atoms with Crippen molar-refractivity contribution in [3.63, 3.8) is 0 Å². The lowest BCUT2D eigenvalue weighted by Crippen LogP contribution is -2.47. The average molecular weight is 461 g/mol. The van der Waals surface area contributed by atoms with Crippen LogP contribution in [0.2, 0.25) is 0 Å². The van der Waals surface area contributed by atoms with Crippen LogP contribution in [0.5, 0.6) is 0 Å². The summed E-state index contributed by atoms with van der Waals surface area (Å²) in [5, 5.41) is 0. The van der Waals surface area contributed by atoms with E-state index in [0.29, 0.717) is 0 Å². The highest BCUT2D eigenvalue weighted by molar-refractivity contribution is 8.20. The molecule has 5 rings (SSSR count). The first-order valence-corrected chi connectivity index (χ1v) is 13.5. The monoisotopic (exact) mass is 460 g/mol. The van der Waals surface area contributed by atoms with Crippen LogP contribution in [0.4, 0.5) is 10.1 Å². The number of aromatic nitrogens is 1. The molecule has 0 saturated carbocycles. The summed E-state index contributed by atoms with van der Waals surface area (Å²) in [7, 11) is 2.22. The fraction of sp³-hybridized carbons (Fsp3) is 0.583. The summed E-state index contributed by atoms with van der Waals surface area (Å²) >= 11 is 4.34. The molecule has 0 bridgehead atoms. The molecule has 0 amide bonds. The topological polar surface area (TPSA) is 14.7 Å². The Kier molecular flexibility index (Phi) is 6.56. The molecular formula is C24H33FN4S2. The minimum absolute atomic E-state index is 0.158. The zero-order valence-corrected chi connectivity index (χ0v) is 20.1. The molecule has 1 aromatic heterocycles. The van der Waals surface area contributed by atoms with Crippen LogP contribution in [-0.2, 0) is 17.7 Å². The Bertz CT molecular complexity index is 870. The predicted octanol–water partition coefficient (Wildman–Crippen LogP) is 4.22. The van der Waals surface area contributed by atoms with Crippen LogP contribution in [0.15, 0.2) is 36.5 Å². The molecule has 168 valence electrons. The second kappa shape index (κ2) is 9.38. The maximum atomic E-state index is 13.2. The molecule has 3 aliphatic heterocycles. The maximum absolute atomic E-state index is 13.2. The van der Waals surface area contributed by atoms with Gasteiger partial charge in [-0.25, -0.2) is 4.39 Å². The molecule has 0 N–H and O–H groups in total. The van der Waals surface area contributed by atoms with Crippen LogP contribution < -0.4 is 4.90 Å². The van der Waals surface area contributed by atoms with Crippen molar-refractivity contribution in [1.29, 1.82) is 0 Å². The van der Waals surface area contributed by atoms with Crippen LogP contribution in [0, 0.1) is 5.82 Å². The van der Waals surface area contributed by atoms with Gasteiger partial charge in [0.15, 0.2) is 0 Å². The van der Waals surface area contributed by atoms with Crippen LogP contribution >= 0.6 is 23.5 Å². The normalized spacial score (nSPS) is 22.1. The van der Waals surface area contributed by atoms with E-state index in [2.05, 4.69) is 62.1 Å². The molecule has 0 unspecified atom stereocenters. The maximum Gasteiger partial charge on any atom is 0.123 e. The molecule has 0 aliphatic carbocycles. The summed E-state index contributed by atoms with van der Waals surface area (Å²) in [5.74, 6) is 2.40. The third-order valence-corrected chi connectivity index (χ3v) is 10.4. The van der Waals surface area contributed by atoms with E-state index < -0.39 is 0 Å². The lowest BCUT2D eigenvalue weighted by molar-refractivity contribution is 0.215. The van der Waals surface area contributed by atoms with E-state index in [4.69, 9.17) is 0 Å². The van der Waals surface area contributed by atoms with E-state index >= 15 is 0 Å². The molecule has 1 spiro atoms. The molecule has 7 heteroatoms. The van der Waals surface area contributed by atoms with E-state index in [9.17, 15) is 4.39 Å². The van der Waals surface area contributed by atoms with Gasteiger partial charge >= 0.3 is 0 Å². The Morgan fingerprint density at radius 3 is 2.35 bits per heavy atom. The summed E-state index contributed by atoms with van der Waals surface area (Å²) in [4.78, 5) is 7.65. The molecule has 1 aromatic carbocycles. The fourth-order valence-corrected chi connectivity index (χ4v) is 8.75. The zero-order chi connectivity index (χ0) is 21.3. The fourth-order valence-electron chi connectivity index (χ4n) is 5.29. The predicted molar refractivity (Wildman–Crippen MR) is 132 cm³/mol. The molecule has 0 atom stereocenters. The molecule has 0 radical (unpaired) electrons. The zero-order valence-electron chi connectivity index (χ0n) is 18.4. The SMILES string of the molecule is Cn1ccc2c1C1(CCN(CCCN3CCN(c4ccc(F)cc4)CC3)C2)SCCS1. The van der Waals surface area contributed by atoms with E-state index in [1.54, 1.807) is 17.8 Å². The van der Waals surface area contributed by atoms with E-state index in [1.807, 2.05) is 12.1 Å².